The molecule has 6 rings (SSSR count). The number of anilines is 2. The van der Waals surface area contributed by atoms with Crippen LogP contribution in [0.25, 0.3) is 22.3 Å². The van der Waals surface area contributed by atoms with Gasteiger partial charge >= 0.3 is 0 Å². The molecule has 240 valence electrons. The number of nitrogens with zero attached hydrogens (tertiary/aromatic N) is 6. The zero-order valence-corrected chi connectivity index (χ0v) is 25.2. The van der Waals surface area contributed by atoms with Crippen LogP contribution < -0.4 is 31.6 Å². The van der Waals surface area contributed by atoms with Gasteiger partial charge in [-0.1, -0.05) is 48.5 Å². The fraction of sp³-hybridized carbons (Fsp3) is 0.226. The number of hydrogen-bond donors (Lipinski definition) is 6. The smallest absolute Gasteiger partial charge is 0.247 e. The summed E-state index contributed by atoms with van der Waals surface area (Å²) in [4.78, 5) is 55.1. The van der Waals surface area contributed by atoms with Crippen LogP contribution in [0.15, 0.2) is 61.2 Å². The highest BCUT2D eigenvalue weighted by Gasteiger charge is 2.12. The van der Waals surface area contributed by atoms with Crippen molar-refractivity contribution in [1.82, 2.24) is 50.5 Å². The molecule has 0 saturated carbocycles. The average Bonchev–Trinajstić information content (AvgIpc) is 3.75. The predicted molar refractivity (Wildman–Crippen MR) is 171 cm³/mol. The maximum Gasteiger partial charge on any atom is 0.247 e. The van der Waals surface area contributed by atoms with Gasteiger partial charge in [0.15, 0.2) is 22.3 Å². The van der Waals surface area contributed by atoms with E-state index in [0.717, 1.165) is 22.3 Å². The van der Waals surface area contributed by atoms with E-state index in [1.807, 2.05) is 48.5 Å². The molecule has 16 heteroatoms. The normalized spacial score (nSPS) is 11.1. The quantitative estimate of drug-likeness (QED) is 0.101. The second-order valence-electron chi connectivity index (χ2n) is 10.6. The summed E-state index contributed by atoms with van der Waals surface area (Å²) in [5, 5.41) is 5.79. The molecular weight excluding hydrogens is 604 g/mol. The van der Waals surface area contributed by atoms with Crippen LogP contribution in [0.3, 0.4) is 0 Å². The summed E-state index contributed by atoms with van der Waals surface area (Å²) in [7, 11) is 0. The topological polar surface area (TPSA) is 238 Å². The van der Waals surface area contributed by atoms with Crippen molar-refractivity contribution in [1.29, 1.82) is 0 Å². The summed E-state index contributed by atoms with van der Waals surface area (Å²) >= 11 is 0. The first-order valence-corrected chi connectivity index (χ1v) is 14.8. The molecule has 2 amide bonds. The fourth-order valence-electron chi connectivity index (χ4n) is 4.65. The number of fused-ring (bicyclic) bond motifs is 2. The van der Waals surface area contributed by atoms with Crippen molar-refractivity contribution in [3.63, 3.8) is 0 Å². The van der Waals surface area contributed by atoms with Crippen molar-refractivity contribution >= 4 is 46.0 Å². The molecule has 0 bridgehead atoms. The van der Waals surface area contributed by atoms with Crippen LogP contribution in [0.1, 0.15) is 41.5 Å². The Labute approximate surface area is 267 Å². The Bertz CT molecular complexity index is 1850. The first-order chi connectivity index (χ1) is 22.9. The molecule has 6 aromatic rings. The number of H-pyrrole nitrogens is 2. The number of aromatic amines is 2. The lowest BCUT2D eigenvalue weighted by Crippen LogP contribution is -2.25. The van der Waals surface area contributed by atoms with Gasteiger partial charge in [-0.25, -0.2) is 9.97 Å². The van der Waals surface area contributed by atoms with E-state index in [0.29, 0.717) is 53.6 Å². The Hall–Kier alpha value is -6.32. The van der Waals surface area contributed by atoms with Crippen LogP contribution in [0.2, 0.25) is 0 Å². The van der Waals surface area contributed by atoms with Gasteiger partial charge in [0.25, 0.3) is 0 Å². The van der Waals surface area contributed by atoms with Gasteiger partial charge in [-0.05, 0) is 28.7 Å². The third kappa shape index (κ3) is 8.05. The Morgan fingerprint density at radius 3 is 1.45 bits per heavy atom. The lowest BCUT2D eigenvalue weighted by molar-refractivity contribution is -0.122. The molecule has 8 N–H and O–H groups in total. The van der Waals surface area contributed by atoms with Gasteiger partial charge in [0.05, 0.1) is 12.7 Å². The van der Waals surface area contributed by atoms with Crippen molar-refractivity contribution in [2.45, 2.75) is 45.6 Å². The number of hydrogen-bond acceptors (Lipinski definition) is 12. The lowest BCUT2D eigenvalue weighted by atomic mass is 10.1. The minimum Gasteiger partial charge on any atom is -0.471 e. The SMILES string of the molecule is Nc1nc(OCc2ccc(CNC(=O)CCCC(=O)NCc3ccc(COc4nc(N)nc5[nH]cnc45)cc3)cc2)c2nc[nH]c2n1. The molecule has 0 fully saturated rings. The molecule has 0 aliphatic rings. The van der Waals surface area contributed by atoms with Gasteiger partial charge in [0, 0.05) is 25.9 Å². The Kier molecular flexibility index (Phi) is 9.27. The highest BCUT2D eigenvalue weighted by molar-refractivity contribution is 5.79. The number of ether oxygens (including phenoxy) is 2. The molecule has 16 nitrogen and oxygen atoms in total. The van der Waals surface area contributed by atoms with Crippen molar-refractivity contribution < 1.29 is 19.1 Å². The highest BCUT2D eigenvalue weighted by Crippen LogP contribution is 2.22. The molecule has 2 aromatic carbocycles. The Morgan fingerprint density at radius 2 is 1.02 bits per heavy atom. The third-order valence-corrected chi connectivity index (χ3v) is 7.11. The summed E-state index contributed by atoms with van der Waals surface area (Å²) in [6.07, 6.45) is 3.95. The molecule has 4 heterocycles. The van der Waals surface area contributed by atoms with Gasteiger partial charge in [-0.15, -0.1) is 0 Å². The number of carbonyl (C=O) groups excluding carboxylic acids is 2. The van der Waals surface area contributed by atoms with Gasteiger partial charge < -0.3 is 41.5 Å². The Balaban J connectivity index is 0.858. The number of amides is 2. The standard InChI is InChI=1S/C31H32N12O4/c32-30-40-26-24(36-16-38-26)28(42-30)46-14-20-8-4-18(5-9-20)12-34-22(44)2-1-3-23(45)35-13-19-6-10-21(11-7-19)15-47-29-25-27(39-17-37-25)41-31(33)43-29/h4-11,16-17H,1-3,12-15H2,(H,34,44)(H,35,45)(H3,32,36,38,40,42)(H3,33,37,39,41,43). The van der Waals surface area contributed by atoms with Crippen LogP contribution in [-0.4, -0.2) is 51.7 Å². The van der Waals surface area contributed by atoms with Gasteiger partial charge in [0.1, 0.15) is 13.2 Å². The second-order valence-corrected chi connectivity index (χ2v) is 10.6. The maximum absolute atomic E-state index is 12.3. The molecule has 0 atom stereocenters. The molecule has 0 saturated heterocycles. The average molecular weight is 637 g/mol. The van der Waals surface area contributed by atoms with Gasteiger partial charge in [-0.2, -0.15) is 19.9 Å². The van der Waals surface area contributed by atoms with E-state index in [4.69, 9.17) is 20.9 Å². The lowest BCUT2D eigenvalue weighted by Gasteiger charge is -2.09. The van der Waals surface area contributed by atoms with Gasteiger partial charge in [-0.3, -0.25) is 9.59 Å². The van der Waals surface area contributed by atoms with E-state index in [1.165, 1.54) is 12.7 Å². The van der Waals surface area contributed by atoms with E-state index in [2.05, 4.69) is 50.5 Å². The zero-order chi connectivity index (χ0) is 32.6. The third-order valence-electron chi connectivity index (χ3n) is 7.11. The Morgan fingerprint density at radius 1 is 0.617 bits per heavy atom. The van der Waals surface area contributed by atoms with E-state index in [9.17, 15) is 9.59 Å². The number of benzene rings is 2. The summed E-state index contributed by atoms with van der Waals surface area (Å²) in [6.45, 7) is 1.29. The van der Waals surface area contributed by atoms with Crippen molar-refractivity contribution in [2.75, 3.05) is 11.5 Å². The molecule has 0 aliphatic heterocycles. The van der Waals surface area contributed by atoms with Crippen LogP contribution in [0.4, 0.5) is 11.9 Å². The first-order valence-electron chi connectivity index (χ1n) is 14.8. The summed E-state index contributed by atoms with van der Waals surface area (Å²) < 4.78 is 11.6. The maximum atomic E-state index is 12.3. The zero-order valence-electron chi connectivity index (χ0n) is 25.2. The van der Waals surface area contributed by atoms with Gasteiger partial charge in [0.2, 0.25) is 35.5 Å². The minimum absolute atomic E-state index is 0.0949. The number of nitrogens with one attached hydrogen (secondary N) is 4. The number of aromatic nitrogens is 8. The number of carbonyl (C=O) groups is 2. The minimum atomic E-state index is -0.120. The van der Waals surface area contributed by atoms with Crippen LogP contribution in [0, 0.1) is 0 Å². The van der Waals surface area contributed by atoms with E-state index in [1.54, 1.807) is 0 Å². The largest absolute Gasteiger partial charge is 0.471 e. The van der Waals surface area contributed by atoms with Crippen molar-refractivity contribution in [3.05, 3.63) is 83.4 Å². The number of nitrogens with two attached hydrogens (primary N) is 2. The van der Waals surface area contributed by atoms with E-state index < -0.39 is 0 Å². The second kappa shape index (κ2) is 14.2. The highest BCUT2D eigenvalue weighted by atomic mass is 16.5. The van der Waals surface area contributed by atoms with E-state index >= 15 is 0 Å². The van der Waals surface area contributed by atoms with Crippen LogP contribution in [0.5, 0.6) is 11.8 Å². The number of rotatable bonds is 14. The van der Waals surface area contributed by atoms with Crippen molar-refractivity contribution in [3.8, 4) is 11.8 Å². The molecular formula is C31H32N12O4. The summed E-state index contributed by atoms with van der Waals surface area (Å²) in [5.41, 5.74) is 17.2. The van der Waals surface area contributed by atoms with E-state index in [-0.39, 0.29) is 49.8 Å². The monoisotopic (exact) mass is 636 g/mol. The first kappa shape index (κ1) is 30.7. The molecule has 0 radical (unpaired) electrons. The number of nitrogen functional groups attached to an aromatic ring is 2. The van der Waals surface area contributed by atoms with Crippen LogP contribution in [-0.2, 0) is 35.9 Å². The fourth-order valence-corrected chi connectivity index (χ4v) is 4.65. The predicted octanol–water partition coefficient (Wildman–Crippen LogP) is 2.44. The summed E-state index contributed by atoms with van der Waals surface area (Å²) in [5.74, 6) is 0.558. The van der Waals surface area contributed by atoms with Crippen molar-refractivity contribution in [2.24, 2.45) is 0 Å². The summed E-state index contributed by atoms with van der Waals surface area (Å²) in [6, 6.07) is 15.3. The molecule has 0 spiro atoms. The van der Waals surface area contributed by atoms with Crippen LogP contribution >= 0.6 is 0 Å². The molecule has 0 unspecified atom stereocenters. The number of imidazole rings is 2. The molecule has 47 heavy (non-hydrogen) atoms. The molecule has 0 aliphatic carbocycles. The molecule has 4 aromatic heterocycles.